The summed E-state index contributed by atoms with van der Waals surface area (Å²) in [6, 6.07) is 12.4. The minimum Gasteiger partial charge on any atom is -0.494 e. The second-order valence-corrected chi connectivity index (χ2v) is 6.02. The molecule has 2 aromatic rings. The molecule has 0 saturated carbocycles. The smallest absolute Gasteiger partial charge is 0.248 e. The summed E-state index contributed by atoms with van der Waals surface area (Å²) < 4.78 is 5.52. The van der Waals surface area contributed by atoms with Gasteiger partial charge in [-0.15, -0.1) is 0 Å². The summed E-state index contributed by atoms with van der Waals surface area (Å²) in [5, 5.41) is 5.73. The molecule has 0 aliphatic rings. The lowest BCUT2D eigenvalue weighted by Crippen LogP contribution is -2.10. The molecule has 2 aromatic carbocycles. The number of nitrogens with one attached hydrogen (secondary N) is 2. The topological polar surface area (TPSA) is 67.4 Å². The van der Waals surface area contributed by atoms with E-state index < -0.39 is 0 Å². The van der Waals surface area contributed by atoms with E-state index in [1.165, 1.54) is 13.0 Å². The Labute approximate surface area is 158 Å². The van der Waals surface area contributed by atoms with Crippen molar-refractivity contribution in [1.82, 2.24) is 0 Å². The Kier molecular flexibility index (Phi) is 7.24. The number of carbonyl (C=O) groups excluding carboxylic acids is 2. The fourth-order valence-electron chi connectivity index (χ4n) is 2.14. The van der Waals surface area contributed by atoms with Crippen LogP contribution < -0.4 is 15.4 Å². The lowest BCUT2D eigenvalue weighted by Gasteiger charge is -2.08. The first kappa shape index (κ1) is 19.5. The molecule has 136 valence electrons. The van der Waals surface area contributed by atoms with Crippen LogP contribution in [0.3, 0.4) is 0 Å². The van der Waals surface area contributed by atoms with Crippen molar-refractivity contribution in [1.29, 1.82) is 0 Å². The van der Waals surface area contributed by atoms with Crippen molar-refractivity contribution in [3.05, 3.63) is 59.1 Å². The van der Waals surface area contributed by atoms with Crippen LogP contribution >= 0.6 is 11.6 Å². The largest absolute Gasteiger partial charge is 0.494 e. The Morgan fingerprint density at radius 1 is 1.12 bits per heavy atom. The zero-order chi connectivity index (χ0) is 18.9. The van der Waals surface area contributed by atoms with Crippen molar-refractivity contribution in [2.45, 2.75) is 20.3 Å². The van der Waals surface area contributed by atoms with Crippen LogP contribution in [0.1, 0.15) is 25.8 Å². The van der Waals surface area contributed by atoms with Crippen LogP contribution in [-0.4, -0.2) is 18.4 Å². The predicted molar refractivity (Wildman–Crippen MR) is 106 cm³/mol. The van der Waals surface area contributed by atoms with Gasteiger partial charge in [-0.3, -0.25) is 9.59 Å². The molecule has 0 spiro atoms. The molecule has 2 amide bonds. The van der Waals surface area contributed by atoms with Crippen LogP contribution in [0.4, 0.5) is 11.4 Å². The number of hydrogen-bond acceptors (Lipinski definition) is 3. The Bertz CT molecular complexity index is 801. The zero-order valence-electron chi connectivity index (χ0n) is 14.7. The second-order valence-electron chi connectivity index (χ2n) is 5.62. The summed E-state index contributed by atoms with van der Waals surface area (Å²) in [5.41, 5.74) is 1.86. The van der Waals surface area contributed by atoms with Crippen LogP contribution in [0.5, 0.6) is 5.75 Å². The summed E-state index contributed by atoms with van der Waals surface area (Å²) in [6.07, 6.45) is 4.07. The molecule has 0 heterocycles. The average molecular weight is 373 g/mol. The van der Waals surface area contributed by atoms with Gasteiger partial charge >= 0.3 is 0 Å². The number of halogens is 1. The molecule has 5 nitrogen and oxygen atoms in total. The highest BCUT2D eigenvalue weighted by molar-refractivity contribution is 6.34. The van der Waals surface area contributed by atoms with Crippen molar-refractivity contribution in [3.63, 3.8) is 0 Å². The number of rotatable bonds is 7. The van der Waals surface area contributed by atoms with Crippen molar-refractivity contribution in [3.8, 4) is 5.75 Å². The third-order valence-electron chi connectivity index (χ3n) is 3.32. The average Bonchev–Trinajstić information content (AvgIpc) is 2.61. The van der Waals surface area contributed by atoms with Crippen LogP contribution in [0.15, 0.2) is 48.5 Å². The number of amides is 2. The number of hydrogen-bond donors (Lipinski definition) is 2. The first-order chi connectivity index (χ1) is 12.5. The third kappa shape index (κ3) is 6.26. The minimum atomic E-state index is -0.321. The highest BCUT2D eigenvalue weighted by Gasteiger charge is 2.06. The van der Waals surface area contributed by atoms with Gasteiger partial charge in [0.2, 0.25) is 11.8 Å². The molecule has 2 N–H and O–H groups in total. The van der Waals surface area contributed by atoms with Gasteiger partial charge in [0.25, 0.3) is 0 Å². The summed E-state index contributed by atoms with van der Waals surface area (Å²) >= 11 is 6.09. The van der Waals surface area contributed by atoms with Gasteiger partial charge < -0.3 is 15.4 Å². The maximum atomic E-state index is 12.1. The molecule has 6 heteroatoms. The van der Waals surface area contributed by atoms with Crippen LogP contribution in [0.2, 0.25) is 5.02 Å². The van der Waals surface area contributed by atoms with E-state index in [2.05, 4.69) is 10.6 Å². The molecular weight excluding hydrogens is 352 g/mol. The molecule has 0 atom stereocenters. The molecule has 0 radical (unpaired) electrons. The van der Waals surface area contributed by atoms with E-state index >= 15 is 0 Å². The van der Waals surface area contributed by atoms with Gasteiger partial charge in [0.15, 0.2) is 0 Å². The Balaban J connectivity index is 1.99. The van der Waals surface area contributed by atoms with Gasteiger partial charge in [-0.25, -0.2) is 0 Å². The number of benzene rings is 2. The van der Waals surface area contributed by atoms with Crippen molar-refractivity contribution >= 4 is 40.9 Å². The molecule has 2 rings (SSSR count). The lowest BCUT2D eigenvalue weighted by atomic mass is 10.2. The summed E-state index contributed by atoms with van der Waals surface area (Å²) in [6.45, 7) is 4.14. The van der Waals surface area contributed by atoms with E-state index in [-0.39, 0.29) is 11.8 Å². The van der Waals surface area contributed by atoms with E-state index in [1.807, 2.05) is 31.2 Å². The van der Waals surface area contributed by atoms with E-state index in [4.69, 9.17) is 16.3 Å². The molecule has 0 aliphatic carbocycles. The van der Waals surface area contributed by atoms with Gasteiger partial charge in [-0.2, -0.15) is 0 Å². The van der Waals surface area contributed by atoms with Crippen molar-refractivity contribution in [2.75, 3.05) is 17.2 Å². The fraction of sp³-hybridized carbons (Fsp3) is 0.200. The number of ether oxygens (including phenoxy) is 1. The molecule has 0 saturated heterocycles. The highest BCUT2D eigenvalue weighted by atomic mass is 35.5. The molecule has 0 aromatic heterocycles. The van der Waals surface area contributed by atoms with Gasteiger partial charge in [0, 0.05) is 18.7 Å². The van der Waals surface area contributed by atoms with E-state index in [0.717, 1.165) is 17.7 Å². The molecule has 0 fully saturated rings. The summed E-state index contributed by atoms with van der Waals surface area (Å²) in [4.78, 5) is 23.2. The lowest BCUT2D eigenvalue weighted by molar-refractivity contribution is -0.114. The van der Waals surface area contributed by atoms with E-state index in [1.54, 1.807) is 24.3 Å². The minimum absolute atomic E-state index is 0.198. The van der Waals surface area contributed by atoms with E-state index in [9.17, 15) is 9.59 Å². The van der Waals surface area contributed by atoms with Gasteiger partial charge in [0.05, 0.1) is 17.3 Å². The molecule has 0 aliphatic heterocycles. The Morgan fingerprint density at radius 2 is 1.85 bits per heavy atom. The fourth-order valence-corrected chi connectivity index (χ4v) is 2.31. The maximum absolute atomic E-state index is 12.1. The summed E-state index contributed by atoms with van der Waals surface area (Å²) in [5.74, 6) is 0.282. The van der Waals surface area contributed by atoms with Crippen LogP contribution in [-0.2, 0) is 9.59 Å². The van der Waals surface area contributed by atoms with Crippen molar-refractivity contribution in [2.24, 2.45) is 0 Å². The normalized spacial score (nSPS) is 10.6. The standard InChI is InChI=1S/C20H21ClN2O3/c1-3-12-26-17-8-4-15(5-9-17)6-11-20(25)23-19-13-16(22-14(2)24)7-10-18(19)21/h4-11,13H,3,12H2,1-2H3,(H,22,24)(H,23,25). The van der Waals surface area contributed by atoms with Gasteiger partial charge in [0.1, 0.15) is 5.75 Å². The van der Waals surface area contributed by atoms with Gasteiger partial charge in [-0.1, -0.05) is 30.7 Å². The molecule has 0 unspecified atom stereocenters. The molecule has 0 bridgehead atoms. The first-order valence-electron chi connectivity index (χ1n) is 8.27. The SMILES string of the molecule is CCCOc1ccc(C=CC(=O)Nc2cc(NC(C)=O)ccc2Cl)cc1. The Hall–Kier alpha value is -2.79. The highest BCUT2D eigenvalue weighted by Crippen LogP contribution is 2.25. The predicted octanol–water partition coefficient (Wildman–Crippen LogP) is 4.74. The monoisotopic (exact) mass is 372 g/mol. The second kappa shape index (κ2) is 9.63. The van der Waals surface area contributed by atoms with Gasteiger partial charge in [-0.05, 0) is 48.4 Å². The maximum Gasteiger partial charge on any atom is 0.248 e. The van der Waals surface area contributed by atoms with E-state index in [0.29, 0.717) is 23.0 Å². The van der Waals surface area contributed by atoms with Crippen LogP contribution in [0, 0.1) is 0 Å². The number of anilines is 2. The van der Waals surface area contributed by atoms with Crippen LogP contribution in [0.25, 0.3) is 6.08 Å². The summed E-state index contributed by atoms with van der Waals surface area (Å²) in [7, 11) is 0. The third-order valence-corrected chi connectivity index (χ3v) is 3.65. The quantitative estimate of drug-likeness (QED) is 0.690. The first-order valence-corrected chi connectivity index (χ1v) is 8.65. The van der Waals surface area contributed by atoms with Crippen molar-refractivity contribution < 1.29 is 14.3 Å². The number of carbonyl (C=O) groups is 2. The zero-order valence-corrected chi connectivity index (χ0v) is 15.5. The molecular formula is C20H21ClN2O3. The Morgan fingerprint density at radius 3 is 2.50 bits per heavy atom. The molecule has 26 heavy (non-hydrogen) atoms.